The second-order valence-corrected chi connectivity index (χ2v) is 3.52. The summed E-state index contributed by atoms with van der Waals surface area (Å²) >= 11 is 0. The van der Waals surface area contributed by atoms with Crippen LogP contribution in [0.5, 0.6) is 0 Å². The molecule has 0 spiro atoms. The Morgan fingerprint density at radius 2 is 2.12 bits per heavy atom. The predicted molar refractivity (Wildman–Crippen MR) is 59.4 cm³/mol. The average molecular weight is 232 g/mol. The Morgan fingerprint density at radius 3 is 2.62 bits per heavy atom. The number of hydrogen-bond acceptors (Lipinski definition) is 3. The Bertz CT molecular complexity index is 233. The number of carboxylic acid groups (broad SMARTS) is 1. The van der Waals surface area contributed by atoms with Gasteiger partial charge in [0.1, 0.15) is 0 Å². The third-order valence-electron chi connectivity index (χ3n) is 2.00. The predicted octanol–water partition coefficient (Wildman–Crippen LogP) is 0.527. The van der Waals surface area contributed by atoms with Crippen LogP contribution in [0.15, 0.2) is 0 Å². The van der Waals surface area contributed by atoms with Crippen LogP contribution in [0.2, 0.25) is 0 Å². The van der Waals surface area contributed by atoms with Gasteiger partial charge in [-0.1, -0.05) is 0 Å². The van der Waals surface area contributed by atoms with Gasteiger partial charge in [0.05, 0.1) is 12.5 Å². The summed E-state index contributed by atoms with van der Waals surface area (Å²) in [6.45, 7) is 4.97. The fourth-order valence-corrected chi connectivity index (χ4v) is 1.07. The van der Waals surface area contributed by atoms with E-state index in [9.17, 15) is 9.59 Å². The molecule has 0 aromatic carbocycles. The second-order valence-electron chi connectivity index (χ2n) is 3.52. The lowest BCUT2D eigenvalue weighted by molar-refractivity contribution is -0.137. The van der Waals surface area contributed by atoms with E-state index in [1.54, 1.807) is 7.05 Å². The fraction of sp³-hybridized carbons (Fsp3) is 0.800. The van der Waals surface area contributed by atoms with Crippen molar-refractivity contribution in [3.63, 3.8) is 0 Å². The van der Waals surface area contributed by atoms with Gasteiger partial charge in [-0.15, -0.1) is 0 Å². The van der Waals surface area contributed by atoms with Crippen LogP contribution in [0.4, 0.5) is 4.79 Å². The molecule has 0 rings (SSSR count). The molecule has 0 fully saturated rings. The summed E-state index contributed by atoms with van der Waals surface area (Å²) in [4.78, 5) is 23.1. The van der Waals surface area contributed by atoms with Crippen LogP contribution in [-0.4, -0.2) is 54.9 Å². The van der Waals surface area contributed by atoms with Crippen molar-refractivity contribution < 1.29 is 19.4 Å². The summed E-state index contributed by atoms with van der Waals surface area (Å²) in [5.41, 5.74) is 0. The van der Waals surface area contributed by atoms with Crippen LogP contribution in [0.3, 0.4) is 0 Å². The smallest absolute Gasteiger partial charge is 0.317 e. The summed E-state index contributed by atoms with van der Waals surface area (Å²) in [7, 11) is 1.56. The average Bonchev–Trinajstić information content (AvgIpc) is 2.22. The lowest BCUT2D eigenvalue weighted by atomic mass is 10.4. The minimum atomic E-state index is -0.915. The Labute approximate surface area is 95.6 Å². The normalized spacial score (nSPS) is 11.9. The maximum Gasteiger partial charge on any atom is 0.317 e. The number of aliphatic carboxylic acids is 1. The highest BCUT2D eigenvalue weighted by Crippen LogP contribution is 1.91. The lowest BCUT2D eigenvalue weighted by Crippen LogP contribution is -2.41. The number of hydrogen-bond donors (Lipinski definition) is 2. The third-order valence-corrected chi connectivity index (χ3v) is 2.00. The van der Waals surface area contributed by atoms with Crippen molar-refractivity contribution in [2.75, 3.05) is 26.7 Å². The molecule has 0 saturated carbocycles. The van der Waals surface area contributed by atoms with Crippen molar-refractivity contribution in [3.05, 3.63) is 0 Å². The molecule has 94 valence electrons. The maximum absolute atomic E-state index is 11.4. The van der Waals surface area contributed by atoms with Gasteiger partial charge in [-0.05, 0) is 13.8 Å². The van der Waals surface area contributed by atoms with E-state index in [2.05, 4.69) is 5.32 Å². The second kappa shape index (κ2) is 7.92. The molecule has 0 aliphatic heterocycles. The Hall–Kier alpha value is -1.30. The number of carboxylic acids is 1. The quantitative estimate of drug-likeness (QED) is 0.671. The first-order valence-corrected chi connectivity index (χ1v) is 5.29. The molecule has 0 heterocycles. The van der Waals surface area contributed by atoms with Gasteiger partial charge in [0.25, 0.3) is 0 Å². The first-order chi connectivity index (χ1) is 7.47. The van der Waals surface area contributed by atoms with Gasteiger partial charge < -0.3 is 20.1 Å². The number of carbonyl (C=O) groups is 2. The molecule has 0 aliphatic carbocycles. The fourth-order valence-electron chi connectivity index (χ4n) is 1.07. The Morgan fingerprint density at radius 1 is 1.50 bits per heavy atom. The van der Waals surface area contributed by atoms with E-state index in [1.807, 2.05) is 13.8 Å². The van der Waals surface area contributed by atoms with Crippen LogP contribution in [0.1, 0.15) is 20.3 Å². The van der Waals surface area contributed by atoms with Crippen molar-refractivity contribution in [1.29, 1.82) is 0 Å². The molecule has 0 aromatic heterocycles. The Balaban J connectivity index is 3.74. The number of nitrogens with zero attached hydrogens (tertiary/aromatic N) is 1. The number of nitrogens with one attached hydrogen (secondary N) is 1. The van der Waals surface area contributed by atoms with Crippen LogP contribution < -0.4 is 5.32 Å². The van der Waals surface area contributed by atoms with Crippen LogP contribution in [0, 0.1) is 0 Å². The number of rotatable bonds is 7. The summed E-state index contributed by atoms with van der Waals surface area (Å²) in [5, 5.41) is 11.1. The van der Waals surface area contributed by atoms with Crippen LogP contribution >= 0.6 is 0 Å². The van der Waals surface area contributed by atoms with Crippen molar-refractivity contribution in [3.8, 4) is 0 Å². The SMILES string of the molecule is CCOC(C)CNC(=O)N(C)CCC(=O)O. The van der Waals surface area contributed by atoms with E-state index in [4.69, 9.17) is 9.84 Å². The topological polar surface area (TPSA) is 78.9 Å². The van der Waals surface area contributed by atoms with Gasteiger partial charge in [-0.3, -0.25) is 4.79 Å². The zero-order valence-electron chi connectivity index (χ0n) is 10.0. The molecule has 0 bridgehead atoms. The van der Waals surface area contributed by atoms with Crippen molar-refractivity contribution in [1.82, 2.24) is 10.2 Å². The van der Waals surface area contributed by atoms with E-state index < -0.39 is 5.97 Å². The minimum absolute atomic E-state index is 0.0400. The maximum atomic E-state index is 11.4. The Kier molecular flexibility index (Phi) is 7.28. The molecule has 1 unspecified atom stereocenters. The highest BCUT2D eigenvalue weighted by molar-refractivity contribution is 5.74. The molecular weight excluding hydrogens is 212 g/mol. The molecule has 0 aliphatic rings. The largest absolute Gasteiger partial charge is 0.481 e. The van der Waals surface area contributed by atoms with Gasteiger partial charge >= 0.3 is 12.0 Å². The number of carbonyl (C=O) groups excluding carboxylic acids is 1. The van der Waals surface area contributed by atoms with Gasteiger partial charge in [0.2, 0.25) is 0 Å². The molecule has 6 heteroatoms. The van der Waals surface area contributed by atoms with Crippen LogP contribution in [0.25, 0.3) is 0 Å². The zero-order chi connectivity index (χ0) is 12.6. The minimum Gasteiger partial charge on any atom is -0.481 e. The standard InChI is InChI=1S/C10H20N2O4/c1-4-16-8(2)7-11-10(15)12(3)6-5-9(13)14/h8H,4-7H2,1-3H3,(H,11,15)(H,13,14). The van der Waals surface area contributed by atoms with E-state index in [1.165, 1.54) is 4.90 Å². The lowest BCUT2D eigenvalue weighted by Gasteiger charge is -2.19. The highest BCUT2D eigenvalue weighted by atomic mass is 16.5. The molecule has 2 N–H and O–H groups in total. The van der Waals surface area contributed by atoms with Crippen molar-refractivity contribution in [2.45, 2.75) is 26.4 Å². The molecule has 16 heavy (non-hydrogen) atoms. The number of ether oxygens (including phenoxy) is 1. The monoisotopic (exact) mass is 232 g/mol. The first kappa shape index (κ1) is 14.7. The molecule has 1 atom stereocenters. The molecule has 0 aromatic rings. The summed E-state index contributed by atoms with van der Waals surface area (Å²) in [6.07, 6.45) is -0.0906. The van der Waals surface area contributed by atoms with Gasteiger partial charge in [-0.25, -0.2) is 4.79 Å². The van der Waals surface area contributed by atoms with Crippen LogP contribution in [-0.2, 0) is 9.53 Å². The van der Waals surface area contributed by atoms with E-state index in [0.717, 1.165) is 0 Å². The molecular formula is C10H20N2O4. The molecule has 6 nitrogen and oxygen atoms in total. The van der Waals surface area contributed by atoms with Crippen molar-refractivity contribution >= 4 is 12.0 Å². The third kappa shape index (κ3) is 7.05. The summed E-state index contributed by atoms with van der Waals surface area (Å²) in [6, 6.07) is -0.284. The van der Waals surface area contributed by atoms with E-state index in [0.29, 0.717) is 13.2 Å². The summed E-state index contributed by atoms with van der Waals surface area (Å²) < 4.78 is 5.24. The highest BCUT2D eigenvalue weighted by Gasteiger charge is 2.10. The zero-order valence-corrected chi connectivity index (χ0v) is 10.0. The van der Waals surface area contributed by atoms with Gasteiger partial charge in [0, 0.05) is 26.7 Å². The van der Waals surface area contributed by atoms with Crippen molar-refractivity contribution in [2.24, 2.45) is 0 Å². The summed E-state index contributed by atoms with van der Waals surface area (Å²) in [5.74, 6) is -0.915. The number of urea groups is 1. The van der Waals surface area contributed by atoms with E-state index in [-0.39, 0.29) is 25.1 Å². The van der Waals surface area contributed by atoms with E-state index >= 15 is 0 Å². The van der Waals surface area contributed by atoms with Gasteiger partial charge in [0.15, 0.2) is 0 Å². The first-order valence-electron chi connectivity index (χ1n) is 5.29. The molecule has 0 radical (unpaired) electrons. The van der Waals surface area contributed by atoms with Gasteiger partial charge in [-0.2, -0.15) is 0 Å². The molecule has 0 saturated heterocycles. The molecule has 2 amide bonds. The number of amides is 2.